The van der Waals surface area contributed by atoms with Crippen LogP contribution in [0, 0.1) is 0 Å². The minimum absolute atomic E-state index is 0.144. The lowest BCUT2D eigenvalue weighted by Crippen LogP contribution is -2.44. The first-order valence-electron chi connectivity index (χ1n) is 8.97. The van der Waals surface area contributed by atoms with E-state index in [0.717, 1.165) is 38.9 Å². The van der Waals surface area contributed by atoms with Gasteiger partial charge in [-0.3, -0.25) is 4.79 Å². The van der Waals surface area contributed by atoms with Crippen LogP contribution >= 0.6 is 0 Å². The fraction of sp³-hybridized carbons (Fsp3) is 0.611. The van der Waals surface area contributed by atoms with Crippen molar-refractivity contribution in [2.24, 2.45) is 0 Å². The fourth-order valence-electron chi connectivity index (χ4n) is 3.05. The summed E-state index contributed by atoms with van der Waals surface area (Å²) in [6.45, 7) is 8.85. The van der Waals surface area contributed by atoms with Crippen LogP contribution in [0.2, 0.25) is 0 Å². The number of carbonyl (C=O) groups is 1. The molecule has 0 saturated carbocycles. The zero-order valence-electron chi connectivity index (χ0n) is 15.3. The topological polar surface area (TPSA) is 78.5 Å². The second kappa shape index (κ2) is 8.78. The molecule has 0 radical (unpaired) electrons. The second-order valence-electron chi connectivity index (χ2n) is 6.89. The minimum Gasteiger partial charge on any atom is -0.349 e. The van der Waals surface area contributed by atoms with E-state index in [2.05, 4.69) is 21.9 Å². The van der Waals surface area contributed by atoms with Crippen molar-refractivity contribution < 1.29 is 13.2 Å². The molecule has 1 heterocycles. The van der Waals surface area contributed by atoms with Crippen molar-refractivity contribution in [3.63, 3.8) is 0 Å². The number of nitrogens with one attached hydrogen (secondary N) is 2. The first-order valence-corrected chi connectivity index (χ1v) is 10.5. The molecule has 1 fully saturated rings. The molecule has 1 aliphatic rings. The summed E-state index contributed by atoms with van der Waals surface area (Å²) in [6, 6.07) is 6.10. The summed E-state index contributed by atoms with van der Waals surface area (Å²) in [5, 5.41) is 3.06. The molecule has 140 valence electrons. The first-order chi connectivity index (χ1) is 11.8. The molecule has 1 aromatic carbocycles. The predicted molar refractivity (Wildman–Crippen MR) is 99.1 cm³/mol. The maximum atomic E-state index is 12.4. The predicted octanol–water partition coefficient (Wildman–Crippen LogP) is 1.98. The molecule has 0 atom stereocenters. The third-order valence-corrected chi connectivity index (χ3v) is 5.95. The number of benzene rings is 1. The summed E-state index contributed by atoms with van der Waals surface area (Å²) < 4.78 is 26.7. The van der Waals surface area contributed by atoms with Crippen LogP contribution in [0.4, 0.5) is 0 Å². The Bertz CT molecular complexity index is 663. The number of sulfonamides is 1. The van der Waals surface area contributed by atoms with Crippen molar-refractivity contribution in [1.29, 1.82) is 0 Å². The minimum atomic E-state index is -3.53. The molecule has 6 nitrogen and oxygen atoms in total. The van der Waals surface area contributed by atoms with Crippen LogP contribution in [0.3, 0.4) is 0 Å². The van der Waals surface area contributed by atoms with Crippen molar-refractivity contribution in [2.45, 2.75) is 57.0 Å². The van der Waals surface area contributed by atoms with Gasteiger partial charge >= 0.3 is 0 Å². The largest absolute Gasteiger partial charge is 0.349 e. The van der Waals surface area contributed by atoms with Crippen LogP contribution in [0.15, 0.2) is 29.2 Å². The van der Waals surface area contributed by atoms with Crippen molar-refractivity contribution in [3.05, 3.63) is 29.8 Å². The molecule has 7 heteroatoms. The maximum absolute atomic E-state index is 12.4. The fourth-order valence-corrected chi connectivity index (χ4v) is 4.30. The molecule has 0 aromatic heterocycles. The highest BCUT2D eigenvalue weighted by Crippen LogP contribution is 2.14. The second-order valence-corrected chi connectivity index (χ2v) is 8.60. The zero-order valence-corrected chi connectivity index (χ0v) is 16.1. The molecule has 0 aliphatic carbocycles. The van der Waals surface area contributed by atoms with Gasteiger partial charge in [-0.1, -0.05) is 6.92 Å². The van der Waals surface area contributed by atoms with Gasteiger partial charge in [0, 0.05) is 30.7 Å². The van der Waals surface area contributed by atoms with Gasteiger partial charge in [-0.15, -0.1) is 0 Å². The van der Waals surface area contributed by atoms with Crippen LogP contribution in [0.25, 0.3) is 0 Å². The van der Waals surface area contributed by atoms with Gasteiger partial charge < -0.3 is 10.2 Å². The number of carbonyl (C=O) groups excluding carboxylic acids is 1. The van der Waals surface area contributed by atoms with E-state index in [4.69, 9.17) is 0 Å². The first kappa shape index (κ1) is 19.9. The van der Waals surface area contributed by atoms with Crippen LogP contribution in [-0.2, 0) is 10.0 Å². The Hall–Kier alpha value is -1.44. The molecule has 2 N–H and O–H groups in total. The zero-order chi connectivity index (χ0) is 18.4. The lowest BCUT2D eigenvalue weighted by Gasteiger charge is -2.32. The molecule has 0 unspecified atom stereocenters. The average molecular weight is 368 g/mol. The Morgan fingerprint density at radius 2 is 1.80 bits per heavy atom. The van der Waals surface area contributed by atoms with Gasteiger partial charge in [0.1, 0.15) is 0 Å². The molecule has 1 amide bonds. The highest BCUT2D eigenvalue weighted by molar-refractivity contribution is 7.89. The summed E-state index contributed by atoms with van der Waals surface area (Å²) >= 11 is 0. The van der Waals surface area contributed by atoms with Crippen LogP contribution in [-0.4, -0.2) is 50.9 Å². The quantitative estimate of drug-likeness (QED) is 0.772. The summed E-state index contributed by atoms with van der Waals surface area (Å²) in [5.41, 5.74) is 0.486. The van der Waals surface area contributed by atoms with E-state index in [9.17, 15) is 13.2 Å². The number of hydrogen-bond donors (Lipinski definition) is 2. The SMILES string of the molecule is CCCN1CCC(NC(=O)c2ccc(S(=O)(=O)NC(C)C)cc2)CC1. The summed E-state index contributed by atoms with van der Waals surface area (Å²) in [4.78, 5) is 15.0. The standard InChI is InChI=1S/C18H29N3O3S/c1-4-11-21-12-9-16(10-13-21)19-18(22)15-5-7-17(8-6-15)25(23,24)20-14(2)3/h5-8,14,16,20H,4,9-13H2,1-3H3,(H,19,22). The molecule has 25 heavy (non-hydrogen) atoms. The molecule has 1 aromatic rings. The number of rotatable bonds is 7. The number of hydrogen-bond acceptors (Lipinski definition) is 4. The van der Waals surface area contributed by atoms with Crippen molar-refractivity contribution >= 4 is 15.9 Å². The monoisotopic (exact) mass is 367 g/mol. The van der Waals surface area contributed by atoms with Gasteiger partial charge in [0.05, 0.1) is 4.90 Å². The number of likely N-dealkylation sites (tertiary alicyclic amines) is 1. The van der Waals surface area contributed by atoms with Crippen LogP contribution in [0.1, 0.15) is 50.4 Å². The smallest absolute Gasteiger partial charge is 0.251 e. The third kappa shape index (κ3) is 5.80. The summed E-state index contributed by atoms with van der Waals surface area (Å²) in [7, 11) is -3.53. The highest BCUT2D eigenvalue weighted by atomic mass is 32.2. The molecule has 0 bridgehead atoms. The van der Waals surface area contributed by atoms with E-state index in [0.29, 0.717) is 5.56 Å². The highest BCUT2D eigenvalue weighted by Gasteiger charge is 2.21. The molecular weight excluding hydrogens is 338 g/mol. The van der Waals surface area contributed by atoms with Gasteiger partial charge in [-0.05, 0) is 63.9 Å². The number of amides is 1. The van der Waals surface area contributed by atoms with Gasteiger partial charge in [-0.2, -0.15) is 0 Å². The van der Waals surface area contributed by atoms with E-state index in [1.54, 1.807) is 26.0 Å². The van der Waals surface area contributed by atoms with Crippen LogP contribution in [0.5, 0.6) is 0 Å². The third-order valence-electron chi connectivity index (χ3n) is 4.28. The summed E-state index contributed by atoms with van der Waals surface area (Å²) in [5.74, 6) is -0.144. The van der Waals surface area contributed by atoms with E-state index < -0.39 is 10.0 Å². The van der Waals surface area contributed by atoms with E-state index in [1.165, 1.54) is 12.1 Å². The average Bonchev–Trinajstić information content (AvgIpc) is 2.56. The van der Waals surface area contributed by atoms with Crippen molar-refractivity contribution in [3.8, 4) is 0 Å². The normalized spacial score (nSPS) is 17.0. The molecule has 1 saturated heterocycles. The molecule has 1 aliphatic heterocycles. The lowest BCUT2D eigenvalue weighted by molar-refractivity contribution is 0.0911. The number of nitrogens with zero attached hydrogens (tertiary/aromatic N) is 1. The van der Waals surface area contributed by atoms with Gasteiger partial charge in [0.2, 0.25) is 10.0 Å². The summed E-state index contributed by atoms with van der Waals surface area (Å²) in [6.07, 6.45) is 3.06. The lowest BCUT2D eigenvalue weighted by atomic mass is 10.0. The van der Waals surface area contributed by atoms with E-state index in [-0.39, 0.29) is 22.9 Å². The van der Waals surface area contributed by atoms with E-state index in [1.807, 2.05) is 0 Å². The molecule has 0 spiro atoms. The van der Waals surface area contributed by atoms with Gasteiger partial charge in [0.15, 0.2) is 0 Å². The van der Waals surface area contributed by atoms with Crippen LogP contribution < -0.4 is 10.0 Å². The Balaban J connectivity index is 1.93. The number of piperidine rings is 1. The Kier molecular flexibility index (Phi) is 6.98. The van der Waals surface area contributed by atoms with Gasteiger partial charge in [-0.25, -0.2) is 13.1 Å². The van der Waals surface area contributed by atoms with Gasteiger partial charge in [0.25, 0.3) is 5.91 Å². The maximum Gasteiger partial charge on any atom is 0.251 e. The molecular formula is C18H29N3O3S. The Morgan fingerprint density at radius 3 is 2.32 bits per heavy atom. The Labute approximate surface area is 151 Å². The van der Waals surface area contributed by atoms with E-state index >= 15 is 0 Å². The molecule has 2 rings (SSSR count). The van der Waals surface area contributed by atoms with Crippen molar-refractivity contribution in [2.75, 3.05) is 19.6 Å². The Morgan fingerprint density at radius 1 is 1.20 bits per heavy atom. The van der Waals surface area contributed by atoms with Crippen molar-refractivity contribution in [1.82, 2.24) is 14.9 Å².